The Hall–Kier alpha value is -3.76. The first kappa shape index (κ1) is 29.9. The number of ether oxygens (including phenoxy) is 2. The van der Waals surface area contributed by atoms with E-state index in [9.17, 15) is 19.5 Å². The third-order valence-electron chi connectivity index (χ3n) is 10.5. The number of piperidine rings is 2. The number of esters is 1. The van der Waals surface area contributed by atoms with E-state index in [1.54, 1.807) is 17.6 Å². The molecule has 1 atom stereocenters. The molecule has 10 nitrogen and oxygen atoms in total. The highest BCUT2D eigenvalue weighted by Crippen LogP contribution is 2.41. The summed E-state index contributed by atoms with van der Waals surface area (Å²) in [7, 11) is 0. The fourth-order valence-electron chi connectivity index (χ4n) is 7.86. The summed E-state index contributed by atoms with van der Waals surface area (Å²) in [6, 6.07) is 6.22. The average Bonchev–Trinajstić information content (AvgIpc) is 3.44. The van der Waals surface area contributed by atoms with Gasteiger partial charge in [-0.05, 0) is 87.4 Å². The van der Waals surface area contributed by atoms with Crippen LogP contribution in [0.15, 0.2) is 23.0 Å². The van der Waals surface area contributed by atoms with E-state index in [1.807, 2.05) is 24.0 Å². The fraction of sp³-hybridized carbons (Fsp3) is 0.543. The second kappa shape index (κ2) is 11.6. The fourth-order valence-corrected chi connectivity index (χ4v) is 7.86. The highest BCUT2D eigenvalue weighted by molar-refractivity contribution is 5.91. The van der Waals surface area contributed by atoms with Crippen LogP contribution in [0.1, 0.15) is 87.1 Å². The zero-order valence-electron chi connectivity index (χ0n) is 26.5. The molecule has 238 valence electrons. The molecule has 2 aromatic heterocycles. The number of carbonyl (C=O) groups excluding carboxylic acids is 2. The molecule has 0 aliphatic carbocycles. The topological polar surface area (TPSA) is 114 Å². The molecule has 3 aromatic rings. The molecule has 7 rings (SSSR count). The van der Waals surface area contributed by atoms with E-state index in [0.717, 1.165) is 40.4 Å². The van der Waals surface area contributed by atoms with Crippen molar-refractivity contribution in [2.75, 3.05) is 26.2 Å². The largest absolute Gasteiger partial charge is 0.458 e. The van der Waals surface area contributed by atoms with Gasteiger partial charge in [-0.2, -0.15) is 0 Å². The number of amides is 1. The maximum Gasteiger partial charge on any atom is 0.415 e. The zero-order chi connectivity index (χ0) is 31.5. The maximum absolute atomic E-state index is 13.7. The minimum Gasteiger partial charge on any atom is -0.458 e. The van der Waals surface area contributed by atoms with Crippen LogP contribution in [0.3, 0.4) is 0 Å². The highest BCUT2D eigenvalue weighted by atomic mass is 16.6. The molecule has 0 saturated carbocycles. The Morgan fingerprint density at radius 2 is 1.78 bits per heavy atom. The first-order chi connectivity index (χ1) is 21.8. The number of aliphatic hydroxyl groups is 1. The van der Waals surface area contributed by atoms with Crippen LogP contribution in [0.4, 0.5) is 4.79 Å². The van der Waals surface area contributed by atoms with Gasteiger partial charge in [-0.25, -0.2) is 14.6 Å². The Kier molecular flexibility index (Phi) is 7.68. The van der Waals surface area contributed by atoms with Gasteiger partial charge in [0.05, 0.1) is 29.0 Å². The van der Waals surface area contributed by atoms with Crippen molar-refractivity contribution in [3.63, 3.8) is 0 Å². The molecule has 4 aliphatic heterocycles. The van der Waals surface area contributed by atoms with Gasteiger partial charge < -0.3 is 28.9 Å². The molecular weight excluding hydrogens is 572 g/mol. The van der Waals surface area contributed by atoms with E-state index < -0.39 is 11.6 Å². The summed E-state index contributed by atoms with van der Waals surface area (Å²) in [5, 5.41) is 12.1. The van der Waals surface area contributed by atoms with Crippen LogP contribution in [0.5, 0.6) is 5.75 Å². The lowest BCUT2D eigenvalue weighted by molar-refractivity contribution is -0.172. The molecule has 0 spiro atoms. The number of benzene rings is 1. The number of rotatable bonds is 5. The summed E-state index contributed by atoms with van der Waals surface area (Å²) in [5.41, 5.74) is 3.35. The summed E-state index contributed by atoms with van der Waals surface area (Å²) in [4.78, 5) is 49.1. The van der Waals surface area contributed by atoms with Crippen LogP contribution in [0, 0.1) is 0 Å². The molecule has 0 unspecified atom stereocenters. The maximum atomic E-state index is 13.7. The number of hydrogen-bond acceptors (Lipinski definition) is 8. The molecule has 1 N–H and O–H groups in total. The number of aromatic nitrogens is 2. The number of carbonyl (C=O) groups is 2. The number of pyridine rings is 2. The zero-order valence-corrected chi connectivity index (χ0v) is 26.5. The molecule has 2 saturated heterocycles. The molecule has 2 fully saturated rings. The smallest absolute Gasteiger partial charge is 0.415 e. The van der Waals surface area contributed by atoms with Crippen molar-refractivity contribution in [2.24, 2.45) is 0 Å². The Labute approximate surface area is 262 Å². The van der Waals surface area contributed by atoms with Crippen LogP contribution in [-0.4, -0.2) is 68.7 Å². The molecule has 6 heterocycles. The molecular formula is C35H42N4O6. The first-order valence-electron chi connectivity index (χ1n) is 16.6. The lowest BCUT2D eigenvalue weighted by Gasteiger charge is -2.39. The van der Waals surface area contributed by atoms with Crippen molar-refractivity contribution in [3.05, 3.63) is 56.4 Å². The van der Waals surface area contributed by atoms with Crippen molar-refractivity contribution in [3.8, 4) is 17.1 Å². The van der Waals surface area contributed by atoms with Crippen molar-refractivity contribution in [2.45, 2.75) is 96.9 Å². The minimum atomic E-state index is -1.87. The lowest BCUT2D eigenvalue weighted by atomic mass is 9.86. The van der Waals surface area contributed by atoms with Gasteiger partial charge in [0.25, 0.3) is 5.56 Å². The van der Waals surface area contributed by atoms with E-state index in [2.05, 4.69) is 11.8 Å². The third kappa shape index (κ3) is 4.84. The SMILES string of the molecule is CCc1cc2nc3c(c(CC)c2cc1OC(=O)N1CCC(N2CCCCC2)CC1)Cn1c-3cc2c(c1=O)COC(=O)[C@]2(O)CC. The molecule has 10 heteroatoms. The van der Waals surface area contributed by atoms with Gasteiger partial charge in [0.2, 0.25) is 0 Å². The van der Waals surface area contributed by atoms with Gasteiger partial charge in [0.1, 0.15) is 12.4 Å². The summed E-state index contributed by atoms with van der Waals surface area (Å²) in [6.07, 6.45) is 6.94. The number of fused-ring (bicyclic) bond motifs is 5. The molecule has 0 bridgehead atoms. The van der Waals surface area contributed by atoms with Crippen LogP contribution >= 0.6 is 0 Å². The van der Waals surface area contributed by atoms with Gasteiger partial charge in [0.15, 0.2) is 5.60 Å². The summed E-state index contributed by atoms with van der Waals surface area (Å²) in [6.45, 7) is 9.70. The van der Waals surface area contributed by atoms with E-state index in [1.165, 1.54) is 32.4 Å². The van der Waals surface area contributed by atoms with Gasteiger partial charge in [-0.15, -0.1) is 0 Å². The van der Waals surface area contributed by atoms with Crippen molar-refractivity contribution < 1.29 is 24.2 Å². The van der Waals surface area contributed by atoms with E-state index >= 15 is 0 Å². The Bertz CT molecular complexity index is 1750. The van der Waals surface area contributed by atoms with Crippen LogP contribution in [0.25, 0.3) is 22.3 Å². The third-order valence-corrected chi connectivity index (χ3v) is 10.5. The molecule has 1 aromatic carbocycles. The molecule has 1 amide bonds. The normalized spacial score (nSPS) is 21.8. The average molecular weight is 615 g/mol. The number of hydrogen-bond donors (Lipinski definition) is 1. The predicted octanol–water partition coefficient (Wildman–Crippen LogP) is 4.65. The van der Waals surface area contributed by atoms with Crippen molar-refractivity contribution in [1.29, 1.82) is 0 Å². The Balaban J connectivity index is 1.21. The van der Waals surface area contributed by atoms with E-state index in [4.69, 9.17) is 14.5 Å². The number of cyclic esters (lactones) is 1. The van der Waals surface area contributed by atoms with Crippen LogP contribution < -0.4 is 10.3 Å². The van der Waals surface area contributed by atoms with E-state index in [0.29, 0.717) is 66.8 Å². The predicted molar refractivity (Wildman–Crippen MR) is 169 cm³/mol. The van der Waals surface area contributed by atoms with Gasteiger partial charge in [-0.1, -0.05) is 27.2 Å². The summed E-state index contributed by atoms with van der Waals surface area (Å²) in [5.74, 6) is -0.182. The monoisotopic (exact) mass is 614 g/mol. The second-order valence-corrected chi connectivity index (χ2v) is 12.9. The van der Waals surface area contributed by atoms with Crippen molar-refractivity contribution in [1.82, 2.24) is 19.4 Å². The second-order valence-electron chi connectivity index (χ2n) is 12.9. The van der Waals surface area contributed by atoms with Gasteiger partial charge >= 0.3 is 12.1 Å². The van der Waals surface area contributed by atoms with Crippen LogP contribution in [-0.2, 0) is 41.1 Å². The number of nitrogens with zero attached hydrogens (tertiary/aromatic N) is 4. The highest BCUT2D eigenvalue weighted by Gasteiger charge is 2.45. The standard InChI is InChI=1S/C35H42N4O6/c1-4-21-16-28-24(17-30(21)45-34(42)38-14-10-22(11-15-38)37-12-8-7-9-13-37)23(5-2)25-19-39-29(31(25)36-28)18-27-26(32(39)40)20-44-33(41)35(27,43)6-3/h16-18,22,43H,4-15,19-20H2,1-3H3/t35-/m0/s1. The Morgan fingerprint density at radius 3 is 2.47 bits per heavy atom. The first-order valence-corrected chi connectivity index (χ1v) is 16.6. The van der Waals surface area contributed by atoms with Crippen molar-refractivity contribution >= 4 is 23.0 Å². The van der Waals surface area contributed by atoms with Gasteiger partial charge in [0, 0.05) is 35.6 Å². The number of aryl methyl sites for hydroxylation is 2. The summed E-state index contributed by atoms with van der Waals surface area (Å²) >= 11 is 0. The van der Waals surface area contributed by atoms with Gasteiger partial charge in [-0.3, -0.25) is 4.79 Å². The van der Waals surface area contributed by atoms with E-state index in [-0.39, 0.29) is 24.7 Å². The Morgan fingerprint density at radius 1 is 1.02 bits per heavy atom. The lowest BCUT2D eigenvalue weighted by Crippen LogP contribution is -2.48. The minimum absolute atomic E-state index is 0.0950. The molecule has 4 aliphatic rings. The quantitative estimate of drug-likeness (QED) is 0.323. The van der Waals surface area contributed by atoms with Crippen LogP contribution in [0.2, 0.25) is 0 Å². The molecule has 0 radical (unpaired) electrons. The number of likely N-dealkylation sites (tertiary alicyclic amines) is 2. The summed E-state index contributed by atoms with van der Waals surface area (Å²) < 4.78 is 13.0. The molecule has 45 heavy (non-hydrogen) atoms.